The highest BCUT2D eigenvalue weighted by Crippen LogP contribution is 2.33. The molecule has 6 nitrogen and oxygen atoms in total. The number of aryl methyl sites for hydroxylation is 2. The number of hydrogen-bond donors (Lipinski definition) is 3. The second-order valence-corrected chi connectivity index (χ2v) is 15.6. The Balaban J connectivity index is 3.03. The summed E-state index contributed by atoms with van der Waals surface area (Å²) in [4.78, 5) is 25.4. The van der Waals surface area contributed by atoms with Crippen molar-refractivity contribution in [3.05, 3.63) is 28.8 Å². The maximum atomic E-state index is 13.7. The fourth-order valence-corrected chi connectivity index (χ4v) is 8.32. The number of aliphatic hydroxyl groups is 1. The van der Waals surface area contributed by atoms with Gasteiger partial charge >= 0.3 is 5.97 Å². The first-order chi connectivity index (χ1) is 16.8. The average Bonchev–Trinajstić information content (AvgIpc) is 2.85. The zero-order valence-electron chi connectivity index (χ0n) is 23.9. The molecule has 0 fully saturated rings. The van der Waals surface area contributed by atoms with Crippen LogP contribution >= 0.6 is 0 Å². The lowest BCUT2D eigenvalue weighted by Crippen LogP contribution is -2.48. The van der Waals surface area contributed by atoms with Crippen molar-refractivity contribution in [2.24, 2.45) is 23.7 Å². The summed E-state index contributed by atoms with van der Waals surface area (Å²) in [6.07, 6.45) is 0.547. The van der Waals surface area contributed by atoms with Crippen LogP contribution in [0.4, 0.5) is 0 Å². The van der Waals surface area contributed by atoms with Crippen LogP contribution < -0.4 is 0 Å². The van der Waals surface area contributed by atoms with Crippen LogP contribution in [-0.4, -0.2) is 47.6 Å². The molecule has 36 heavy (non-hydrogen) atoms. The number of aliphatic hydroxyl groups excluding tert-OH is 1. The highest BCUT2D eigenvalue weighted by atomic mass is 28.4. The molecule has 0 aliphatic rings. The van der Waals surface area contributed by atoms with Crippen molar-refractivity contribution in [3.8, 4) is 5.75 Å². The lowest BCUT2D eigenvalue weighted by molar-refractivity contribution is -0.135. The van der Waals surface area contributed by atoms with Crippen LogP contribution in [-0.2, 0) is 15.6 Å². The maximum absolute atomic E-state index is 13.7. The number of Topliss-reactive ketones (excluding diaryl/α,β-unsaturated/α-hetero) is 1. The lowest BCUT2D eigenvalue weighted by atomic mass is 9.78. The van der Waals surface area contributed by atoms with Gasteiger partial charge in [-0.1, -0.05) is 67.5 Å². The summed E-state index contributed by atoms with van der Waals surface area (Å²) < 4.78 is 6.83. The molecule has 0 radical (unpaired) electrons. The SMILES string of the molecule is CC[C@@H](C(=O)C(C)C(O)[C@H](C)CCc1ccc(C)c(O)c1C(=O)O)[C@@H](O[Si](CC)(CC)CC)C(C)C. The quantitative estimate of drug-likeness (QED) is 0.211. The zero-order chi connectivity index (χ0) is 27.8. The van der Waals surface area contributed by atoms with Crippen LogP contribution in [0.15, 0.2) is 12.1 Å². The van der Waals surface area contributed by atoms with Crippen LogP contribution in [0.2, 0.25) is 18.1 Å². The molecule has 0 saturated heterocycles. The first kappa shape index (κ1) is 32.3. The van der Waals surface area contributed by atoms with Crippen LogP contribution in [0.3, 0.4) is 0 Å². The third-order valence-corrected chi connectivity index (χ3v) is 12.9. The molecule has 1 aromatic rings. The minimum Gasteiger partial charge on any atom is -0.507 e. The fourth-order valence-electron chi connectivity index (χ4n) is 5.30. The Labute approximate surface area is 219 Å². The van der Waals surface area contributed by atoms with Gasteiger partial charge in [-0.05, 0) is 67.3 Å². The van der Waals surface area contributed by atoms with Gasteiger partial charge in [0, 0.05) is 11.8 Å². The van der Waals surface area contributed by atoms with E-state index in [1.807, 2.05) is 13.8 Å². The third kappa shape index (κ3) is 7.65. The predicted molar refractivity (Wildman–Crippen MR) is 148 cm³/mol. The van der Waals surface area contributed by atoms with Crippen molar-refractivity contribution in [3.63, 3.8) is 0 Å². The fraction of sp³-hybridized carbons (Fsp3) is 0.724. The molecule has 2 unspecified atom stereocenters. The monoisotopic (exact) mass is 522 g/mol. The number of carbonyl (C=O) groups excluding carboxylic acids is 1. The van der Waals surface area contributed by atoms with Gasteiger partial charge in [-0.2, -0.15) is 0 Å². The number of aromatic hydroxyl groups is 1. The van der Waals surface area contributed by atoms with Gasteiger partial charge < -0.3 is 19.7 Å². The summed E-state index contributed by atoms with van der Waals surface area (Å²) >= 11 is 0. The number of benzene rings is 1. The van der Waals surface area contributed by atoms with Gasteiger partial charge in [-0.15, -0.1) is 0 Å². The molecule has 0 saturated carbocycles. The number of rotatable bonds is 16. The number of hydrogen-bond acceptors (Lipinski definition) is 5. The summed E-state index contributed by atoms with van der Waals surface area (Å²) in [5, 5.41) is 30.9. The van der Waals surface area contributed by atoms with E-state index in [2.05, 4.69) is 34.6 Å². The van der Waals surface area contributed by atoms with E-state index >= 15 is 0 Å². The minimum atomic E-state index is -1.91. The second-order valence-electron chi connectivity index (χ2n) is 10.9. The largest absolute Gasteiger partial charge is 0.507 e. The van der Waals surface area contributed by atoms with Gasteiger partial charge in [0.15, 0.2) is 8.32 Å². The van der Waals surface area contributed by atoms with Crippen molar-refractivity contribution in [2.75, 3.05) is 0 Å². The summed E-state index contributed by atoms with van der Waals surface area (Å²) in [6, 6.07) is 6.49. The lowest BCUT2D eigenvalue weighted by Gasteiger charge is -2.39. The second kappa shape index (κ2) is 14.3. The molecule has 206 valence electrons. The Morgan fingerprint density at radius 3 is 2.00 bits per heavy atom. The van der Waals surface area contributed by atoms with Crippen molar-refractivity contribution >= 4 is 20.1 Å². The van der Waals surface area contributed by atoms with Crippen LogP contribution in [0.25, 0.3) is 0 Å². The van der Waals surface area contributed by atoms with Crippen molar-refractivity contribution in [1.29, 1.82) is 0 Å². The minimum absolute atomic E-state index is 0.0426. The van der Waals surface area contributed by atoms with Gasteiger partial charge in [0.05, 0.1) is 12.2 Å². The van der Waals surface area contributed by atoms with E-state index in [9.17, 15) is 24.9 Å². The van der Waals surface area contributed by atoms with E-state index in [-0.39, 0.29) is 41.0 Å². The summed E-state index contributed by atoms with van der Waals surface area (Å²) in [7, 11) is -1.91. The molecular formula is C29H50O6Si. The molecule has 7 heteroatoms. The number of aromatic carboxylic acids is 1. The number of ketones is 1. The van der Waals surface area contributed by atoms with Crippen LogP contribution in [0.5, 0.6) is 5.75 Å². The van der Waals surface area contributed by atoms with E-state index in [1.54, 1.807) is 26.0 Å². The molecule has 1 aromatic carbocycles. The number of phenols is 1. The molecule has 3 N–H and O–H groups in total. The van der Waals surface area contributed by atoms with Crippen molar-refractivity contribution in [1.82, 2.24) is 0 Å². The standard InChI is InChI=1S/C29H50O6Si/c1-10-23(28(18(5)6)35-36(11-2,12-3)13-4)27(32)21(9)25(30)19(7)14-16-22-17-15-20(8)26(31)24(22)29(33)34/h15,17-19,21,23,25,28,30-31H,10-14,16H2,1-9H3,(H,33,34)/t19-,21?,23+,25?,28+/m1/s1. The highest BCUT2D eigenvalue weighted by molar-refractivity contribution is 6.73. The molecule has 1 rings (SSSR count). The van der Waals surface area contributed by atoms with Gasteiger partial charge in [0.25, 0.3) is 0 Å². The van der Waals surface area contributed by atoms with E-state index in [4.69, 9.17) is 4.43 Å². The van der Waals surface area contributed by atoms with E-state index in [0.717, 1.165) is 18.1 Å². The van der Waals surface area contributed by atoms with Gasteiger partial charge in [-0.25, -0.2) is 4.79 Å². The molecular weight excluding hydrogens is 472 g/mol. The first-order valence-corrected chi connectivity index (χ1v) is 16.3. The number of carbonyl (C=O) groups is 2. The Bertz CT molecular complexity index is 855. The van der Waals surface area contributed by atoms with Crippen LogP contribution in [0, 0.1) is 30.6 Å². The first-order valence-electron chi connectivity index (χ1n) is 13.7. The number of carboxylic acids is 1. The number of carboxylic acid groups (broad SMARTS) is 1. The molecule has 0 spiro atoms. The Morgan fingerprint density at radius 1 is 1.00 bits per heavy atom. The zero-order valence-corrected chi connectivity index (χ0v) is 24.9. The molecule has 5 atom stereocenters. The summed E-state index contributed by atoms with van der Waals surface area (Å²) in [5.74, 6) is -2.19. The Kier molecular flexibility index (Phi) is 12.8. The van der Waals surface area contributed by atoms with Gasteiger partial charge in [-0.3, -0.25) is 4.79 Å². The topological polar surface area (TPSA) is 104 Å². The molecule has 0 aromatic heterocycles. The molecule has 0 bridgehead atoms. The highest BCUT2D eigenvalue weighted by Gasteiger charge is 2.41. The Hall–Kier alpha value is -1.70. The van der Waals surface area contributed by atoms with Crippen molar-refractivity contribution < 1.29 is 29.3 Å². The van der Waals surface area contributed by atoms with Gasteiger partial charge in [0.2, 0.25) is 0 Å². The summed E-state index contributed by atoms with van der Waals surface area (Å²) in [6.45, 7) is 18.2. The van der Waals surface area contributed by atoms with E-state index in [0.29, 0.717) is 30.4 Å². The van der Waals surface area contributed by atoms with Crippen molar-refractivity contribution in [2.45, 2.75) is 112 Å². The molecule has 0 aliphatic carbocycles. The normalized spacial score (nSPS) is 16.4. The van der Waals surface area contributed by atoms with Crippen LogP contribution in [0.1, 0.15) is 89.7 Å². The summed E-state index contributed by atoms with van der Waals surface area (Å²) in [5.41, 5.74) is 0.958. The average molecular weight is 523 g/mol. The maximum Gasteiger partial charge on any atom is 0.339 e. The van der Waals surface area contributed by atoms with E-state index in [1.165, 1.54) is 0 Å². The third-order valence-electron chi connectivity index (χ3n) is 8.27. The van der Waals surface area contributed by atoms with E-state index < -0.39 is 26.3 Å². The smallest absolute Gasteiger partial charge is 0.339 e. The molecule has 0 amide bonds. The molecule has 0 heterocycles. The predicted octanol–water partition coefficient (Wildman–Crippen LogP) is 6.61. The Morgan fingerprint density at radius 2 is 1.56 bits per heavy atom. The molecule has 0 aliphatic heterocycles. The van der Waals surface area contributed by atoms with Gasteiger partial charge in [0.1, 0.15) is 17.1 Å².